The summed E-state index contributed by atoms with van der Waals surface area (Å²) < 4.78 is 5.29. The van der Waals surface area contributed by atoms with Gasteiger partial charge in [-0.2, -0.15) is 0 Å². The summed E-state index contributed by atoms with van der Waals surface area (Å²) in [6, 6.07) is 12.3. The number of hydrogen-bond acceptors (Lipinski definition) is 4. The number of unbranched alkanes of at least 4 members (excludes halogenated alkanes) is 1. The number of carbonyl (C=O) groups is 2. The number of anilines is 1. The minimum absolute atomic E-state index is 0. The Labute approximate surface area is 197 Å². The molecule has 2 aromatic rings. The van der Waals surface area contributed by atoms with E-state index in [9.17, 15) is 9.59 Å². The number of Topliss-reactive ketones (excluding diaryl/α,β-unsaturated/α-hetero) is 1. The number of hydrogen-bond donors (Lipinski definition) is 0. The van der Waals surface area contributed by atoms with Crippen LogP contribution in [0.15, 0.2) is 36.4 Å². The molecule has 0 radical (unpaired) electrons. The van der Waals surface area contributed by atoms with Gasteiger partial charge in [-0.05, 0) is 86.7 Å². The molecule has 0 N–H and O–H groups in total. The van der Waals surface area contributed by atoms with E-state index in [0.717, 1.165) is 68.7 Å². The molecule has 0 atom stereocenters. The number of likely N-dealkylation sites (N-methyl/N-ethyl adjacent to an activating group) is 1. The number of carbonyl (C=O) groups excluding carboxylic acids is 2. The molecule has 172 valence electrons. The summed E-state index contributed by atoms with van der Waals surface area (Å²) in [5, 5.41) is 0. The zero-order valence-corrected chi connectivity index (χ0v) is 19.9. The second kappa shape index (κ2) is 11.0. The molecule has 6 heteroatoms. The standard InChI is InChI=1S/C26H32N2O3.ClH/c1-27(14-11-19-6-5-7-23(16-19)31-2)13-4-3-8-24(29)22-17-20-9-10-25(30)28-15-12-21(18-22)26(20)28;/h5-7,16-18H,3-4,8-15H2,1-2H3;1H. The number of nitrogens with zero attached hydrogens (tertiary/aromatic N) is 2. The average Bonchev–Trinajstić information content (AvgIpc) is 3.23. The lowest BCUT2D eigenvalue weighted by atomic mass is 9.94. The first-order valence-electron chi connectivity index (χ1n) is 11.4. The molecule has 5 nitrogen and oxygen atoms in total. The van der Waals surface area contributed by atoms with Crippen molar-refractivity contribution in [1.82, 2.24) is 4.90 Å². The van der Waals surface area contributed by atoms with Crippen LogP contribution in [0.25, 0.3) is 0 Å². The van der Waals surface area contributed by atoms with Crippen LogP contribution in [0.3, 0.4) is 0 Å². The van der Waals surface area contributed by atoms with Crippen molar-refractivity contribution in [3.05, 3.63) is 58.7 Å². The Morgan fingerprint density at radius 1 is 1.06 bits per heavy atom. The van der Waals surface area contributed by atoms with Gasteiger partial charge in [-0.25, -0.2) is 0 Å². The highest BCUT2D eigenvalue weighted by atomic mass is 35.5. The van der Waals surface area contributed by atoms with Crippen LogP contribution in [0.5, 0.6) is 5.75 Å². The van der Waals surface area contributed by atoms with Crippen molar-refractivity contribution in [2.24, 2.45) is 0 Å². The first-order chi connectivity index (χ1) is 15.0. The van der Waals surface area contributed by atoms with E-state index < -0.39 is 0 Å². The SMILES string of the molecule is COc1cccc(CCN(C)CCCCC(=O)c2cc3c4c(c2)CCN4C(=O)CC3)c1.Cl. The predicted molar refractivity (Wildman–Crippen MR) is 130 cm³/mol. The van der Waals surface area contributed by atoms with Gasteiger partial charge < -0.3 is 14.5 Å². The highest BCUT2D eigenvalue weighted by molar-refractivity contribution is 6.02. The number of rotatable bonds is 10. The monoisotopic (exact) mass is 456 g/mol. The molecule has 2 aliphatic heterocycles. The number of aryl methyl sites for hydroxylation is 1. The van der Waals surface area contributed by atoms with Crippen molar-refractivity contribution >= 4 is 29.8 Å². The number of ketones is 1. The van der Waals surface area contributed by atoms with Crippen molar-refractivity contribution in [2.75, 3.05) is 38.7 Å². The molecule has 0 spiro atoms. The summed E-state index contributed by atoms with van der Waals surface area (Å²) in [5.41, 5.74) is 5.55. The van der Waals surface area contributed by atoms with Crippen LogP contribution in [0.1, 0.15) is 52.7 Å². The number of benzene rings is 2. The van der Waals surface area contributed by atoms with Gasteiger partial charge in [0.15, 0.2) is 5.78 Å². The number of methoxy groups -OCH3 is 1. The van der Waals surface area contributed by atoms with Crippen LogP contribution < -0.4 is 9.64 Å². The van der Waals surface area contributed by atoms with Crippen LogP contribution in [0.2, 0.25) is 0 Å². The van der Waals surface area contributed by atoms with Crippen LogP contribution in [0.4, 0.5) is 5.69 Å². The maximum Gasteiger partial charge on any atom is 0.227 e. The van der Waals surface area contributed by atoms with E-state index in [0.29, 0.717) is 12.8 Å². The fourth-order valence-corrected chi connectivity index (χ4v) is 4.69. The molecule has 0 bridgehead atoms. The Morgan fingerprint density at radius 2 is 1.84 bits per heavy atom. The zero-order valence-electron chi connectivity index (χ0n) is 19.1. The lowest BCUT2D eigenvalue weighted by Gasteiger charge is -2.25. The van der Waals surface area contributed by atoms with Crippen molar-refractivity contribution in [2.45, 2.75) is 44.9 Å². The summed E-state index contributed by atoms with van der Waals surface area (Å²) >= 11 is 0. The largest absolute Gasteiger partial charge is 0.497 e. The second-order valence-electron chi connectivity index (χ2n) is 8.72. The lowest BCUT2D eigenvalue weighted by molar-refractivity contribution is -0.118. The minimum Gasteiger partial charge on any atom is -0.497 e. The highest BCUT2D eigenvalue weighted by Gasteiger charge is 2.31. The summed E-state index contributed by atoms with van der Waals surface area (Å²) in [7, 11) is 3.83. The number of halogens is 1. The Morgan fingerprint density at radius 3 is 2.62 bits per heavy atom. The molecule has 2 aromatic carbocycles. The maximum absolute atomic E-state index is 12.8. The van der Waals surface area contributed by atoms with Crippen molar-refractivity contribution < 1.29 is 14.3 Å². The summed E-state index contributed by atoms with van der Waals surface area (Å²) in [4.78, 5) is 29.1. The van der Waals surface area contributed by atoms with Gasteiger partial charge in [0.1, 0.15) is 5.75 Å². The highest BCUT2D eigenvalue weighted by Crippen LogP contribution is 2.37. The third kappa shape index (κ3) is 5.51. The molecular weight excluding hydrogens is 424 g/mol. The van der Waals surface area contributed by atoms with Gasteiger partial charge in [0.05, 0.1) is 12.8 Å². The first-order valence-corrected chi connectivity index (χ1v) is 11.4. The van der Waals surface area contributed by atoms with Gasteiger partial charge in [-0.15, -0.1) is 12.4 Å². The number of ether oxygens (including phenoxy) is 1. The number of amides is 1. The van der Waals surface area contributed by atoms with E-state index in [4.69, 9.17) is 4.74 Å². The predicted octanol–water partition coefficient (Wildman–Crippen LogP) is 4.48. The molecule has 2 heterocycles. The third-order valence-corrected chi connectivity index (χ3v) is 6.48. The summed E-state index contributed by atoms with van der Waals surface area (Å²) in [6.07, 6.45) is 5.69. The molecule has 4 rings (SSSR count). The molecule has 32 heavy (non-hydrogen) atoms. The molecule has 0 aromatic heterocycles. The van der Waals surface area contributed by atoms with Crippen LogP contribution in [-0.2, 0) is 24.1 Å². The van der Waals surface area contributed by atoms with Gasteiger partial charge >= 0.3 is 0 Å². The van der Waals surface area contributed by atoms with Gasteiger partial charge in [0.2, 0.25) is 5.91 Å². The van der Waals surface area contributed by atoms with Gasteiger partial charge in [0.25, 0.3) is 0 Å². The molecule has 0 saturated carbocycles. The molecule has 2 aliphatic rings. The summed E-state index contributed by atoms with van der Waals surface area (Å²) in [5.74, 6) is 1.35. The zero-order chi connectivity index (χ0) is 21.8. The van der Waals surface area contributed by atoms with Crippen LogP contribution in [0, 0.1) is 0 Å². The summed E-state index contributed by atoms with van der Waals surface area (Å²) in [6.45, 7) is 2.75. The Balaban J connectivity index is 0.00000289. The van der Waals surface area contributed by atoms with E-state index in [2.05, 4.69) is 24.1 Å². The van der Waals surface area contributed by atoms with Crippen molar-refractivity contribution in [3.8, 4) is 5.75 Å². The van der Waals surface area contributed by atoms with Crippen LogP contribution in [-0.4, -0.2) is 50.4 Å². The maximum atomic E-state index is 12.8. The Kier molecular flexibility index (Phi) is 8.32. The fourth-order valence-electron chi connectivity index (χ4n) is 4.69. The lowest BCUT2D eigenvalue weighted by Crippen LogP contribution is -2.32. The molecule has 0 unspecified atom stereocenters. The van der Waals surface area contributed by atoms with Crippen LogP contribution >= 0.6 is 12.4 Å². The molecule has 0 saturated heterocycles. The van der Waals surface area contributed by atoms with E-state index in [1.165, 1.54) is 16.7 Å². The Hall–Kier alpha value is -2.37. The topological polar surface area (TPSA) is 49.9 Å². The third-order valence-electron chi connectivity index (χ3n) is 6.48. The fraction of sp³-hybridized carbons (Fsp3) is 0.462. The van der Waals surface area contributed by atoms with Gasteiger partial charge in [0, 0.05) is 31.5 Å². The van der Waals surface area contributed by atoms with Gasteiger partial charge in [-0.1, -0.05) is 12.1 Å². The van der Waals surface area contributed by atoms with E-state index in [-0.39, 0.29) is 24.1 Å². The molecule has 1 amide bonds. The smallest absolute Gasteiger partial charge is 0.227 e. The van der Waals surface area contributed by atoms with E-state index in [1.807, 2.05) is 29.2 Å². The minimum atomic E-state index is 0. The van der Waals surface area contributed by atoms with Gasteiger partial charge in [-0.3, -0.25) is 9.59 Å². The van der Waals surface area contributed by atoms with Crippen molar-refractivity contribution in [3.63, 3.8) is 0 Å². The second-order valence-corrected chi connectivity index (χ2v) is 8.72. The molecule has 0 fully saturated rings. The quantitative estimate of drug-likeness (QED) is 0.390. The first kappa shape index (κ1) is 24.3. The van der Waals surface area contributed by atoms with E-state index in [1.54, 1.807) is 7.11 Å². The Bertz CT molecular complexity index is 976. The van der Waals surface area contributed by atoms with E-state index >= 15 is 0 Å². The molecule has 0 aliphatic carbocycles. The molecular formula is C26H33ClN2O3. The average molecular weight is 457 g/mol. The van der Waals surface area contributed by atoms with Crippen molar-refractivity contribution in [1.29, 1.82) is 0 Å². The normalized spacial score (nSPS) is 14.3.